The Hall–Kier alpha value is -3.04. The molecule has 1 heterocycles. The SMILES string of the molecule is COCCN(CC(=O)N(CCc1c[nH]c2ccccc12)Cc1ccc(C(F)(F)F)cc1)C(=O)C(C)Cl. The number of benzene rings is 2. The van der Waals surface area contributed by atoms with Crippen molar-refractivity contribution in [3.63, 3.8) is 0 Å². The van der Waals surface area contributed by atoms with E-state index < -0.39 is 23.0 Å². The van der Waals surface area contributed by atoms with Crippen LogP contribution in [0.2, 0.25) is 0 Å². The highest BCUT2D eigenvalue weighted by Crippen LogP contribution is 2.29. The Morgan fingerprint density at radius 2 is 1.75 bits per heavy atom. The molecular weight excluding hydrogens is 495 g/mol. The van der Waals surface area contributed by atoms with Crippen molar-refractivity contribution in [1.82, 2.24) is 14.8 Å². The summed E-state index contributed by atoms with van der Waals surface area (Å²) in [4.78, 5) is 32.0. The van der Waals surface area contributed by atoms with E-state index in [1.165, 1.54) is 31.1 Å². The van der Waals surface area contributed by atoms with E-state index in [1.54, 1.807) is 4.90 Å². The summed E-state index contributed by atoms with van der Waals surface area (Å²) in [7, 11) is 1.49. The van der Waals surface area contributed by atoms with Crippen molar-refractivity contribution in [3.05, 3.63) is 71.4 Å². The van der Waals surface area contributed by atoms with Crippen molar-refractivity contribution >= 4 is 34.3 Å². The fraction of sp³-hybridized carbons (Fsp3) is 0.385. The molecule has 1 atom stereocenters. The first kappa shape index (κ1) is 27.5. The molecule has 3 rings (SSSR count). The molecule has 1 N–H and O–H groups in total. The Bertz CT molecular complexity index is 1160. The number of para-hydroxylation sites is 1. The fourth-order valence-corrected chi connectivity index (χ4v) is 4.03. The molecule has 0 saturated carbocycles. The lowest BCUT2D eigenvalue weighted by Crippen LogP contribution is -2.46. The molecule has 10 heteroatoms. The molecule has 2 aromatic carbocycles. The zero-order valence-corrected chi connectivity index (χ0v) is 20.9. The molecule has 194 valence electrons. The number of hydrogen-bond acceptors (Lipinski definition) is 3. The van der Waals surface area contributed by atoms with E-state index in [9.17, 15) is 22.8 Å². The highest BCUT2D eigenvalue weighted by Gasteiger charge is 2.30. The number of aromatic amines is 1. The summed E-state index contributed by atoms with van der Waals surface area (Å²) in [6.45, 7) is 2.15. The van der Waals surface area contributed by atoms with E-state index in [0.29, 0.717) is 18.5 Å². The maximum Gasteiger partial charge on any atom is 0.416 e. The second-order valence-electron chi connectivity index (χ2n) is 8.49. The Balaban J connectivity index is 1.81. The minimum absolute atomic E-state index is 0.0993. The number of aromatic nitrogens is 1. The second-order valence-corrected chi connectivity index (χ2v) is 9.14. The maximum absolute atomic E-state index is 13.4. The number of ether oxygens (including phenoxy) is 1. The number of carbonyl (C=O) groups excluding carboxylic acids is 2. The van der Waals surface area contributed by atoms with E-state index in [0.717, 1.165) is 28.6 Å². The number of fused-ring (bicyclic) bond motifs is 1. The molecule has 1 aromatic heterocycles. The number of H-pyrrole nitrogens is 1. The second kappa shape index (κ2) is 12.3. The Morgan fingerprint density at radius 3 is 2.39 bits per heavy atom. The molecule has 0 radical (unpaired) electrons. The van der Waals surface area contributed by atoms with Crippen molar-refractivity contribution in [1.29, 1.82) is 0 Å². The van der Waals surface area contributed by atoms with E-state index in [1.807, 2.05) is 30.5 Å². The molecule has 0 aliphatic rings. The largest absolute Gasteiger partial charge is 0.416 e. The van der Waals surface area contributed by atoms with Gasteiger partial charge in [-0.15, -0.1) is 11.6 Å². The van der Waals surface area contributed by atoms with Crippen LogP contribution in [-0.2, 0) is 33.5 Å². The van der Waals surface area contributed by atoms with E-state index >= 15 is 0 Å². The van der Waals surface area contributed by atoms with Gasteiger partial charge in [0.1, 0.15) is 5.38 Å². The first-order valence-corrected chi connectivity index (χ1v) is 11.9. The molecule has 0 bridgehead atoms. The lowest BCUT2D eigenvalue weighted by atomic mass is 10.1. The molecule has 6 nitrogen and oxygen atoms in total. The number of methoxy groups -OCH3 is 1. The molecule has 2 amide bonds. The van der Waals surface area contributed by atoms with Gasteiger partial charge in [-0.3, -0.25) is 9.59 Å². The third kappa shape index (κ3) is 7.24. The Labute approximate surface area is 213 Å². The van der Waals surface area contributed by atoms with Crippen LogP contribution in [0.1, 0.15) is 23.6 Å². The quantitative estimate of drug-likeness (QED) is 0.365. The van der Waals surface area contributed by atoms with Crippen LogP contribution in [0, 0.1) is 0 Å². The highest BCUT2D eigenvalue weighted by molar-refractivity contribution is 6.30. The van der Waals surface area contributed by atoms with Gasteiger partial charge in [-0.2, -0.15) is 13.2 Å². The number of nitrogens with one attached hydrogen (secondary N) is 1. The number of nitrogens with zero attached hydrogens (tertiary/aromatic N) is 2. The first-order chi connectivity index (χ1) is 17.1. The third-order valence-electron chi connectivity index (χ3n) is 5.88. The predicted molar refractivity (Wildman–Crippen MR) is 133 cm³/mol. The van der Waals surface area contributed by atoms with Crippen LogP contribution in [-0.4, -0.2) is 65.3 Å². The van der Waals surface area contributed by atoms with Gasteiger partial charge < -0.3 is 19.5 Å². The Kier molecular flexibility index (Phi) is 9.39. The van der Waals surface area contributed by atoms with Gasteiger partial charge in [0.05, 0.1) is 18.7 Å². The van der Waals surface area contributed by atoms with Gasteiger partial charge in [0.15, 0.2) is 0 Å². The van der Waals surface area contributed by atoms with Gasteiger partial charge in [-0.05, 0) is 42.7 Å². The van der Waals surface area contributed by atoms with Crippen LogP contribution >= 0.6 is 11.6 Å². The third-order valence-corrected chi connectivity index (χ3v) is 6.06. The summed E-state index contributed by atoms with van der Waals surface area (Å²) >= 11 is 5.98. The van der Waals surface area contributed by atoms with Crippen LogP contribution < -0.4 is 0 Å². The lowest BCUT2D eigenvalue weighted by molar-refractivity contribution is -0.141. The van der Waals surface area contributed by atoms with Crippen molar-refractivity contribution < 1.29 is 27.5 Å². The molecule has 3 aromatic rings. The molecule has 1 unspecified atom stereocenters. The zero-order chi connectivity index (χ0) is 26.3. The standard InChI is InChI=1S/C26H29ClF3N3O3/c1-18(27)25(35)33(13-14-36-2)17-24(34)32(16-19-7-9-21(10-8-19)26(28,29)30)12-11-20-15-31-23-6-4-3-5-22(20)23/h3-10,15,18,31H,11-14,16-17H2,1-2H3. The fourth-order valence-electron chi connectivity index (χ4n) is 3.89. The summed E-state index contributed by atoms with van der Waals surface area (Å²) in [5.41, 5.74) is 1.78. The first-order valence-electron chi connectivity index (χ1n) is 11.5. The predicted octanol–water partition coefficient (Wildman–Crippen LogP) is 4.86. The molecule has 36 heavy (non-hydrogen) atoms. The molecule has 0 saturated heterocycles. The van der Waals surface area contributed by atoms with Gasteiger partial charge in [0.2, 0.25) is 11.8 Å². The average Bonchev–Trinajstić information content (AvgIpc) is 3.26. The van der Waals surface area contributed by atoms with Crippen molar-refractivity contribution in [2.75, 3.05) is 33.4 Å². The zero-order valence-electron chi connectivity index (χ0n) is 20.1. The van der Waals surface area contributed by atoms with Crippen LogP contribution in [0.25, 0.3) is 10.9 Å². The van der Waals surface area contributed by atoms with Crippen molar-refractivity contribution in [3.8, 4) is 0 Å². The van der Waals surface area contributed by atoms with E-state index in [2.05, 4.69) is 4.98 Å². The molecule has 0 aliphatic heterocycles. The topological polar surface area (TPSA) is 65.6 Å². The Morgan fingerprint density at radius 1 is 1.06 bits per heavy atom. The minimum atomic E-state index is -4.44. The number of alkyl halides is 4. The summed E-state index contributed by atoms with van der Waals surface area (Å²) in [6, 6.07) is 12.5. The van der Waals surface area contributed by atoms with E-state index in [4.69, 9.17) is 16.3 Å². The van der Waals surface area contributed by atoms with Gasteiger partial charge >= 0.3 is 6.18 Å². The molecule has 0 fully saturated rings. The smallest absolute Gasteiger partial charge is 0.383 e. The van der Waals surface area contributed by atoms with Gasteiger partial charge in [0, 0.05) is 43.8 Å². The molecular formula is C26H29ClF3N3O3. The highest BCUT2D eigenvalue weighted by atomic mass is 35.5. The number of rotatable bonds is 11. The van der Waals surface area contributed by atoms with Crippen LogP contribution in [0.4, 0.5) is 13.2 Å². The molecule has 0 spiro atoms. The van der Waals surface area contributed by atoms with Crippen LogP contribution in [0.3, 0.4) is 0 Å². The minimum Gasteiger partial charge on any atom is -0.383 e. The lowest BCUT2D eigenvalue weighted by Gasteiger charge is -2.28. The average molecular weight is 524 g/mol. The summed E-state index contributed by atoms with van der Waals surface area (Å²) < 4.78 is 44.0. The number of amides is 2. The van der Waals surface area contributed by atoms with Gasteiger partial charge in [-0.25, -0.2) is 0 Å². The number of halogens is 4. The van der Waals surface area contributed by atoms with Gasteiger partial charge in [0.25, 0.3) is 0 Å². The van der Waals surface area contributed by atoms with Crippen molar-refractivity contribution in [2.45, 2.75) is 31.4 Å². The summed E-state index contributed by atoms with van der Waals surface area (Å²) in [6.07, 6.45) is -2.03. The van der Waals surface area contributed by atoms with Crippen LogP contribution in [0.15, 0.2) is 54.7 Å². The number of carbonyl (C=O) groups is 2. The monoisotopic (exact) mass is 523 g/mol. The van der Waals surface area contributed by atoms with E-state index in [-0.39, 0.29) is 32.1 Å². The van der Waals surface area contributed by atoms with Gasteiger partial charge in [-0.1, -0.05) is 30.3 Å². The summed E-state index contributed by atoms with van der Waals surface area (Å²) in [5.74, 6) is -0.732. The maximum atomic E-state index is 13.4. The normalized spacial score (nSPS) is 12.5. The number of hydrogen-bond donors (Lipinski definition) is 1. The van der Waals surface area contributed by atoms with Crippen LogP contribution in [0.5, 0.6) is 0 Å². The van der Waals surface area contributed by atoms with Crippen molar-refractivity contribution in [2.24, 2.45) is 0 Å². The molecule has 0 aliphatic carbocycles. The summed E-state index contributed by atoms with van der Waals surface area (Å²) in [5, 5.41) is 0.219.